The molecule has 5 nitrogen and oxygen atoms in total. The average molecular weight is 337 g/mol. The van der Waals surface area contributed by atoms with Crippen LogP contribution in [0.4, 0.5) is 0 Å². The molecule has 1 amide bonds. The number of nitrogens with one attached hydrogen (secondary N) is 1. The van der Waals surface area contributed by atoms with Crippen LogP contribution in [-0.2, 0) is 18.3 Å². The molecule has 0 spiro atoms. The van der Waals surface area contributed by atoms with Crippen molar-refractivity contribution in [2.24, 2.45) is 12.8 Å². The van der Waals surface area contributed by atoms with Crippen LogP contribution in [0.2, 0.25) is 0 Å². The molecule has 6 heteroatoms. The first-order chi connectivity index (χ1) is 10.5. The second-order valence-corrected chi connectivity index (χ2v) is 5.59. The summed E-state index contributed by atoms with van der Waals surface area (Å²) >= 11 is 0. The van der Waals surface area contributed by atoms with Gasteiger partial charge in [0.2, 0.25) is 5.91 Å². The summed E-state index contributed by atoms with van der Waals surface area (Å²) in [5, 5.41) is 7.32. The number of amides is 1. The normalized spacial score (nSPS) is 11.7. The summed E-state index contributed by atoms with van der Waals surface area (Å²) in [6.07, 6.45) is 1.09. The summed E-state index contributed by atoms with van der Waals surface area (Å²) in [4.78, 5) is 12.0. The molecule has 0 fully saturated rings. The molecule has 1 unspecified atom stereocenters. The molecule has 0 aliphatic heterocycles. The highest BCUT2D eigenvalue weighted by atomic mass is 35.5. The molecule has 23 heavy (non-hydrogen) atoms. The van der Waals surface area contributed by atoms with Gasteiger partial charge in [0.25, 0.3) is 0 Å². The number of rotatable bonds is 6. The van der Waals surface area contributed by atoms with E-state index in [2.05, 4.69) is 10.4 Å². The number of carbonyl (C=O) groups is 1. The molecule has 1 aromatic carbocycles. The fraction of sp³-hybridized carbons (Fsp3) is 0.412. The lowest BCUT2D eigenvalue weighted by Crippen LogP contribution is -2.29. The zero-order valence-corrected chi connectivity index (χ0v) is 14.7. The number of hydrogen-bond acceptors (Lipinski definition) is 3. The molecule has 1 atom stereocenters. The van der Waals surface area contributed by atoms with Gasteiger partial charge in [-0.2, -0.15) is 5.10 Å². The molecule has 1 heterocycles. The SMILES string of the molecule is Cc1nn(C)c(C)c1CCNC(=O)CC(N)c1ccccc1.Cl. The van der Waals surface area contributed by atoms with Gasteiger partial charge in [0.1, 0.15) is 0 Å². The van der Waals surface area contributed by atoms with Crippen LogP contribution in [0.25, 0.3) is 0 Å². The number of nitrogens with zero attached hydrogens (tertiary/aromatic N) is 2. The predicted molar refractivity (Wildman–Crippen MR) is 94.6 cm³/mol. The topological polar surface area (TPSA) is 72.9 Å². The first-order valence-corrected chi connectivity index (χ1v) is 7.55. The van der Waals surface area contributed by atoms with Crippen molar-refractivity contribution in [2.45, 2.75) is 32.7 Å². The zero-order valence-electron chi connectivity index (χ0n) is 13.9. The van der Waals surface area contributed by atoms with Crippen LogP contribution in [0.3, 0.4) is 0 Å². The van der Waals surface area contributed by atoms with Crippen LogP contribution in [0.15, 0.2) is 30.3 Å². The fourth-order valence-electron chi connectivity index (χ4n) is 2.60. The largest absolute Gasteiger partial charge is 0.356 e. The Morgan fingerprint density at radius 2 is 1.96 bits per heavy atom. The van der Waals surface area contributed by atoms with E-state index in [0.29, 0.717) is 13.0 Å². The first-order valence-electron chi connectivity index (χ1n) is 7.55. The van der Waals surface area contributed by atoms with Gasteiger partial charge < -0.3 is 11.1 Å². The summed E-state index contributed by atoms with van der Waals surface area (Å²) in [5.41, 5.74) is 10.4. The Labute approximate surface area is 143 Å². The maximum Gasteiger partial charge on any atom is 0.221 e. The average Bonchev–Trinajstić information content (AvgIpc) is 2.74. The summed E-state index contributed by atoms with van der Waals surface area (Å²) in [5.74, 6) is -0.0180. The molecule has 0 saturated carbocycles. The lowest BCUT2D eigenvalue weighted by molar-refractivity contribution is -0.121. The fourth-order valence-corrected chi connectivity index (χ4v) is 2.60. The third kappa shape index (κ3) is 5.08. The van der Waals surface area contributed by atoms with Crippen molar-refractivity contribution in [1.82, 2.24) is 15.1 Å². The quantitative estimate of drug-likeness (QED) is 0.849. The minimum Gasteiger partial charge on any atom is -0.356 e. The van der Waals surface area contributed by atoms with Crippen LogP contribution < -0.4 is 11.1 Å². The highest BCUT2D eigenvalue weighted by Crippen LogP contribution is 2.14. The lowest BCUT2D eigenvalue weighted by atomic mass is 10.0. The Kier molecular flexibility index (Phi) is 7.26. The molecule has 0 aliphatic rings. The van der Waals surface area contributed by atoms with E-state index >= 15 is 0 Å². The molecule has 2 aromatic rings. The molecule has 1 aromatic heterocycles. The van der Waals surface area contributed by atoms with E-state index in [1.165, 1.54) is 5.56 Å². The third-order valence-electron chi connectivity index (χ3n) is 3.99. The van der Waals surface area contributed by atoms with Crippen molar-refractivity contribution >= 4 is 18.3 Å². The van der Waals surface area contributed by atoms with E-state index in [9.17, 15) is 4.79 Å². The van der Waals surface area contributed by atoms with Crippen LogP contribution >= 0.6 is 12.4 Å². The minimum absolute atomic E-state index is 0. The Bertz CT molecular complexity index is 640. The lowest BCUT2D eigenvalue weighted by Gasteiger charge is -2.12. The molecule has 3 N–H and O–H groups in total. The van der Waals surface area contributed by atoms with E-state index in [1.807, 2.05) is 55.9 Å². The maximum atomic E-state index is 12.0. The van der Waals surface area contributed by atoms with E-state index in [1.54, 1.807) is 0 Å². The number of carbonyl (C=O) groups excluding carboxylic acids is 1. The van der Waals surface area contributed by atoms with Gasteiger partial charge in [-0.05, 0) is 31.4 Å². The number of benzene rings is 1. The van der Waals surface area contributed by atoms with Gasteiger partial charge in [-0.15, -0.1) is 12.4 Å². The Morgan fingerprint density at radius 3 is 2.52 bits per heavy atom. The Balaban J connectivity index is 0.00000264. The second kappa shape index (κ2) is 8.70. The van der Waals surface area contributed by atoms with E-state index in [-0.39, 0.29) is 24.4 Å². The summed E-state index contributed by atoms with van der Waals surface area (Å²) < 4.78 is 1.87. The summed E-state index contributed by atoms with van der Waals surface area (Å²) in [6.45, 7) is 4.64. The zero-order chi connectivity index (χ0) is 16.1. The van der Waals surface area contributed by atoms with Crippen molar-refractivity contribution in [2.75, 3.05) is 6.54 Å². The predicted octanol–water partition coefficient (Wildman–Crippen LogP) is 2.21. The van der Waals surface area contributed by atoms with Crippen molar-refractivity contribution in [3.8, 4) is 0 Å². The minimum atomic E-state index is -0.261. The highest BCUT2D eigenvalue weighted by Gasteiger charge is 2.12. The molecular weight excluding hydrogens is 312 g/mol. The van der Waals surface area contributed by atoms with Gasteiger partial charge in [-0.25, -0.2) is 0 Å². The number of nitrogens with two attached hydrogens (primary N) is 1. The van der Waals surface area contributed by atoms with Gasteiger partial charge in [0, 0.05) is 31.7 Å². The number of aryl methyl sites for hydroxylation is 2. The smallest absolute Gasteiger partial charge is 0.221 e. The molecule has 0 radical (unpaired) electrons. The van der Waals surface area contributed by atoms with E-state index in [0.717, 1.165) is 23.4 Å². The van der Waals surface area contributed by atoms with Gasteiger partial charge in [-0.3, -0.25) is 9.48 Å². The highest BCUT2D eigenvalue weighted by molar-refractivity contribution is 5.85. The van der Waals surface area contributed by atoms with Gasteiger partial charge in [0.05, 0.1) is 5.69 Å². The van der Waals surface area contributed by atoms with Crippen LogP contribution in [0.5, 0.6) is 0 Å². The summed E-state index contributed by atoms with van der Waals surface area (Å²) in [6, 6.07) is 9.43. The molecule has 0 bridgehead atoms. The Morgan fingerprint density at radius 1 is 1.30 bits per heavy atom. The molecule has 0 aliphatic carbocycles. The van der Waals surface area contributed by atoms with E-state index < -0.39 is 0 Å². The number of halogens is 1. The number of hydrogen-bond donors (Lipinski definition) is 2. The van der Waals surface area contributed by atoms with Gasteiger partial charge >= 0.3 is 0 Å². The molecule has 0 saturated heterocycles. The van der Waals surface area contributed by atoms with Crippen molar-refractivity contribution in [3.05, 3.63) is 52.8 Å². The second-order valence-electron chi connectivity index (χ2n) is 5.59. The Hall–Kier alpha value is -1.85. The van der Waals surface area contributed by atoms with Crippen LogP contribution in [0.1, 0.15) is 35.0 Å². The molecule has 2 rings (SSSR count). The molecule has 126 valence electrons. The van der Waals surface area contributed by atoms with Gasteiger partial charge in [0.15, 0.2) is 0 Å². The summed E-state index contributed by atoms with van der Waals surface area (Å²) in [7, 11) is 1.93. The van der Waals surface area contributed by atoms with E-state index in [4.69, 9.17) is 5.73 Å². The van der Waals surface area contributed by atoms with Crippen molar-refractivity contribution in [3.63, 3.8) is 0 Å². The maximum absolute atomic E-state index is 12.0. The first kappa shape index (κ1) is 19.2. The van der Waals surface area contributed by atoms with Crippen molar-refractivity contribution in [1.29, 1.82) is 0 Å². The number of aromatic nitrogens is 2. The molecular formula is C17H25ClN4O. The standard InChI is InChI=1S/C17H24N4O.ClH/c1-12-15(13(2)21(3)20-12)9-10-19-17(22)11-16(18)14-7-5-4-6-8-14;/h4-8,16H,9-11,18H2,1-3H3,(H,19,22);1H. The van der Waals surface area contributed by atoms with Gasteiger partial charge in [-0.1, -0.05) is 30.3 Å². The van der Waals surface area contributed by atoms with Crippen LogP contribution in [0, 0.1) is 13.8 Å². The third-order valence-corrected chi connectivity index (χ3v) is 3.99. The monoisotopic (exact) mass is 336 g/mol. The van der Waals surface area contributed by atoms with Crippen molar-refractivity contribution < 1.29 is 4.79 Å². The van der Waals surface area contributed by atoms with Crippen LogP contribution in [-0.4, -0.2) is 22.2 Å².